The highest BCUT2D eigenvalue weighted by atomic mass is 35.5. The molecule has 3 heteroatoms. The van der Waals surface area contributed by atoms with Gasteiger partial charge in [-0.1, -0.05) is 36.7 Å². The standard InChI is InChI=1S/C17H22ClNO/c1-5-10-19-17(14-8-6-7-9-15(14)18)16-11(2)12(3)20-13(16)4/h6-9,17,19H,5,10H2,1-4H3. The molecule has 1 heterocycles. The Morgan fingerprint density at radius 3 is 2.40 bits per heavy atom. The molecule has 108 valence electrons. The second-order valence-corrected chi connectivity index (χ2v) is 5.57. The lowest BCUT2D eigenvalue weighted by molar-refractivity contribution is 0.493. The van der Waals surface area contributed by atoms with Crippen molar-refractivity contribution in [1.29, 1.82) is 0 Å². The van der Waals surface area contributed by atoms with E-state index in [2.05, 4.69) is 25.2 Å². The van der Waals surface area contributed by atoms with Crippen LogP contribution in [0.4, 0.5) is 0 Å². The van der Waals surface area contributed by atoms with Gasteiger partial charge in [-0.2, -0.15) is 0 Å². The maximum atomic E-state index is 6.39. The van der Waals surface area contributed by atoms with Crippen LogP contribution in [0, 0.1) is 20.8 Å². The monoisotopic (exact) mass is 291 g/mol. The van der Waals surface area contributed by atoms with E-state index in [9.17, 15) is 0 Å². The van der Waals surface area contributed by atoms with Gasteiger partial charge in [-0.05, 0) is 50.9 Å². The highest BCUT2D eigenvalue weighted by Crippen LogP contribution is 2.34. The number of benzene rings is 1. The summed E-state index contributed by atoms with van der Waals surface area (Å²) < 4.78 is 5.78. The van der Waals surface area contributed by atoms with Gasteiger partial charge in [-0.25, -0.2) is 0 Å². The zero-order valence-electron chi connectivity index (χ0n) is 12.6. The maximum absolute atomic E-state index is 6.39. The molecule has 1 unspecified atom stereocenters. The second kappa shape index (κ2) is 6.47. The molecule has 0 aliphatic heterocycles. The first-order valence-electron chi connectivity index (χ1n) is 7.10. The van der Waals surface area contributed by atoms with Crippen LogP contribution in [-0.2, 0) is 0 Å². The zero-order chi connectivity index (χ0) is 14.7. The summed E-state index contributed by atoms with van der Waals surface area (Å²) in [6, 6.07) is 8.09. The first kappa shape index (κ1) is 15.1. The molecule has 0 amide bonds. The molecule has 0 spiro atoms. The summed E-state index contributed by atoms with van der Waals surface area (Å²) in [5.74, 6) is 1.95. The van der Waals surface area contributed by atoms with Crippen LogP contribution in [0.3, 0.4) is 0 Å². The Bertz CT molecular complexity index is 589. The normalized spacial score (nSPS) is 12.7. The fraction of sp³-hybridized carbons (Fsp3) is 0.412. The van der Waals surface area contributed by atoms with Gasteiger partial charge in [0, 0.05) is 10.6 Å². The molecule has 2 nitrogen and oxygen atoms in total. The van der Waals surface area contributed by atoms with E-state index in [0.29, 0.717) is 0 Å². The number of aryl methyl sites for hydroxylation is 2. The average Bonchev–Trinajstić information content (AvgIpc) is 2.67. The van der Waals surface area contributed by atoms with Crippen LogP contribution in [0.15, 0.2) is 28.7 Å². The van der Waals surface area contributed by atoms with Gasteiger partial charge in [-0.15, -0.1) is 0 Å². The van der Waals surface area contributed by atoms with E-state index in [1.807, 2.05) is 32.0 Å². The third-order valence-electron chi connectivity index (χ3n) is 3.72. The van der Waals surface area contributed by atoms with E-state index in [1.54, 1.807) is 0 Å². The summed E-state index contributed by atoms with van der Waals surface area (Å²) in [4.78, 5) is 0. The fourth-order valence-corrected chi connectivity index (χ4v) is 2.84. The molecular weight excluding hydrogens is 270 g/mol. The van der Waals surface area contributed by atoms with E-state index in [4.69, 9.17) is 16.0 Å². The minimum absolute atomic E-state index is 0.0844. The minimum Gasteiger partial charge on any atom is -0.466 e. The van der Waals surface area contributed by atoms with E-state index in [0.717, 1.165) is 35.1 Å². The molecule has 0 aliphatic rings. The van der Waals surface area contributed by atoms with Crippen molar-refractivity contribution in [3.05, 3.63) is 57.5 Å². The molecule has 0 bridgehead atoms. The molecule has 1 N–H and O–H groups in total. The Morgan fingerprint density at radius 1 is 1.15 bits per heavy atom. The van der Waals surface area contributed by atoms with Gasteiger partial charge in [0.25, 0.3) is 0 Å². The predicted molar refractivity (Wildman–Crippen MR) is 84.5 cm³/mol. The molecule has 0 fully saturated rings. The zero-order valence-corrected chi connectivity index (χ0v) is 13.3. The quantitative estimate of drug-likeness (QED) is 0.843. The molecule has 0 saturated heterocycles. The van der Waals surface area contributed by atoms with Crippen molar-refractivity contribution >= 4 is 11.6 Å². The topological polar surface area (TPSA) is 25.2 Å². The lowest BCUT2D eigenvalue weighted by Crippen LogP contribution is -2.24. The number of nitrogens with one attached hydrogen (secondary N) is 1. The number of halogens is 1. The van der Waals surface area contributed by atoms with E-state index in [1.165, 1.54) is 11.1 Å². The molecule has 1 atom stereocenters. The van der Waals surface area contributed by atoms with Gasteiger partial charge in [0.2, 0.25) is 0 Å². The molecule has 20 heavy (non-hydrogen) atoms. The van der Waals surface area contributed by atoms with Crippen molar-refractivity contribution in [2.45, 2.75) is 40.2 Å². The van der Waals surface area contributed by atoms with Crippen molar-refractivity contribution in [3.8, 4) is 0 Å². The molecule has 1 aromatic carbocycles. The highest BCUT2D eigenvalue weighted by Gasteiger charge is 2.23. The average molecular weight is 292 g/mol. The third kappa shape index (κ3) is 2.92. The largest absolute Gasteiger partial charge is 0.466 e. The lowest BCUT2D eigenvalue weighted by atomic mass is 9.95. The van der Waals surface area contributed by atoms with E-state index < -0.39 is 0 Å². The summed E-state index contributed by atoms with van der Waals surface area (Å²) in [7, 11) is 0. The summed E-state index contributed by atoms with van der Waals surface area (Å²) in [6.07, 6.45) is 1.08. The summed E-state index contributed by atoms with van der Waals surface area (Å²) >= 11 is 6.39. The Morgan fingerprint density at radius 2 is 1.85 bits per heavy atom. The summed E-state index contributed by atoms with van der Waals surface area (Å²) in [5.41, 5.74) is 3.52. The molecule has 0 aliphatic carbocycles. The van der Waals surface area contributed by atoms with Crippen LogP contribution in [-0.4, -0.2) is 6.54 Å². The Balaban J connectivity index is 2.50. The van der Waals surface area contributed by atoms with E-state index >= 15 is 0 Å². The van der Waals surface area contributed by atoms with Gasteiger partial charge in [0.05, 0.1) is 6.04 Å². The molecule has 2 rings (SSSR count). The predicted octanol–water partition coefficient (Wildman–Crippen LogP) is 4.95. The van der Waals surface area contributed by atoms with Gasteiger partial charge in [0.15, 0.2) is 0 Å². The number of rotatable bonds is 5. The van der Waals surface area contributed by atoms with Crippen LogP contribution in [0.25, 0.3) is 0 Å². The van der Waals surface area contributed by atoms with Crippen LogP contribution in [0.2, 0.25) is 5.02 Å². The van der Waals surface area contributed by atoms with Crippen molar-refractivity contribution in [3.63, 3.8) is 0 Å². The van der Waals surface area contributed by atoms with Gasteiger partial charge < -0.3 is 9.73 Å². The molecule has 2 aromatic rings. The smallest absolute Gasteiger partial charge is 0.106 e. The SMILES string of the molecule is CCCNC(c1ccccc1Cl)c1c(C)oc(C)c1C. The van der Waals surface area contributed by atoms with Crippen LogP contribution in [0.1, 0.15) is 47.6 Å². The van der Waals surface area contributed by atoms with Crippen LogP contribution < -0.4 is 5.32 Å². The van der Waals surface area contributed by atoms with Gasteiger partial charge in [0.1, 0.15) is 11.5 Å². The van der Waals surface area contributed by atoms with Crippen molar-refractivity contribution in [1.82, 2.24) is 5.32 Å². The van der Waals surface area contributed by atoms with Crippen LogP contribution in [0.5, 0.6) is 0 Å². The van der Waals surface area contributed by atoms with Crippen molar-refractivity contribution in [2.75, 3.05) is 6.54 Å². The van der Waals surface area contributed by atoms with Crippen molar-refractivity contribution in [2.24, 2.45) is 0 Å². The third-order valence-corrected chi connectivity index (χ3v) is 4.07. The first-order valence-corrected chi connectivity index (χ1v) is 7.48. The minimum atomic E-state index is 0.0844. The maximum Gasteiger partial charge on any atom is 0.106 e. The lowest BCUT2D eigenvalue weighted by Gasteiger charge is -2.21. The van der Waals surface area contributed by atoms with E-state index in [-0.39, 0.29) is 6.04 Å². The number of hydrogen-bond donors (Lipinski definition) is 1. The Labute approximate surface area is 126 Å². The molecule has 0 radical (unpaired) electrons. The molecule has 0 saturated carbocycles. The molecular formula is C17H22ClNO. The Hall–Kier alpha value is -1.25. The molecule has 1 aromatic heterocycles. The number of hydrogen-bond acceptors (Lipinski definition) is 2. The number of furan rings is 1. The highest BCUT2D eigenvalue weighted by molar-refractivity contribution is 6.31. The van der Waals surface area contributed by atoms with Gasteiger partial charge in [-0.3, -0.25) is 0 Å². The first-order chi connectivity index (χ1) is 9.56. The van der Waals surface area contributed by atoms with Crippen LogP contribution >= 0.6 is 11.6 Å². The Kier molecular flexibility index (Phi) is 4.90. The van der Waals surface area contributed by atoms with Crippen molar-refractivity contribution < 1.29 is 4.42 Å². The second-order valence-electron chi connectivity index (χ2n) is 5.16. The fourth-order valence-electron chi connectivity index (χ4n) is 2.60. The summed E-state index contributed by atoms with van der Waals surface area (Å²) in [5, 5.41) is 4.38. The van der Waals surface area contributed by atoms with Gasteiger partial charge >= 0.3 is 0 Å². The summed E-state index contributed by atoms with van der Waals surface area (Å²) in [6.45, 7) is 9.25.